The average Bonchev–Trinajstić information content (AvgIpc) is 2.85. The van der Waals surface area contributed by atoms with Crippen LogP contribution in [-0.2, 0) is 16.2 Å². The maximum Gasteiger partial charge on any atom is 0.264 e. The Labute approximate surface area is 470 Å². The molecule has 11 aromatic carbocycles. The van der Waals surface area contributed by atoms with E-state index in [1.54, 1.807) is 0 Å². The lowest BCUT2D eigenvalue weighted by Crippen LogP contribution is -2.60. The smallest absolute Gasteiger partial charge is 0.264 e. The van der Waals surface area contributed by atoms with Crippen LogP contribution >= 0.6 is 11.3 Å². The van der Waals surface area contributed by atoms with Crippen LogP contribution in [0.4, 0.5) is 34.1 Å². The molecule has 1 aromatic heterocycles. The van der Waals surface area contributed by atoms with E-state index in [-0.39, 0.29) is 23.0 Å². The third-order valence-corrected chi connectivity index (χ3v) is 18.9. The van der Waals surface area contributed by atoms with Gasteiger partial charge in [-0.3, -0.25) is 0 Å². The number of hydrogen-bond donors (Lipinski definition) is 0. The third-order valence-electron chi connectivity index (χ3n) is 17.7. The Kier molecular flexibility index (Phi) is 11.3. The Hall–Kier alpha value is -8.18. The third kappa shape index (κ3) is 7.81. The van der Waals surface area contributed by atoms with Crippen molar-refractivity contribution in [2.24, 2.45) is 0 Å². The monoisotopic (exact) mass is 1040 g/mol. The van der Waals surface area contributed by atoms with Gasteiger partial charge in [0, 0.05) is 48.6 Å². The van der Waals surface area contributed by atoms with Crippen LogP contribution in [0.3, 0.4) is 0 Å². The van der Waals surface area contributed by atoms with Crippen molar-refractivity contribution < 1.29 is 0 Å². The van der Waals surface area contributed by atoms with Crippen molar-refractivity contribution in [3.05, 3.63) is 235 Å². The molecule has 14 rings (SSSR count). The number of hydrogen-bond acceptors (Lipinski definition) is 3. The van der Waals surface area contributed by atoms with Crippen molar-refractivity contribution in [1.29, 1.82) is 0 Å². The molecule has 0 saturated carbocycles. The van der Waals surface area contributed by atoms with Crippen LogP contribution in [0.2, 0.25) is 0 Å². The molecular formula is C75H65BN2S. The number of rotatable bonds is 7. The quantitative estimate of drug-likeness (QED) is 0.116. The van der Waals surface area contributed by atoms with Gasteiger partial charge in [0.1, 0.15) is 0 Å². The van der Waals surface area contributed by atoms with E-state index >= 15 is 0 Å². The fourth-order valence-corrected chi connectivity index (χ4v) is 14.3. The molecule has 0 spiro atoms. The minimum Gasteiger partial charge on any atom is -0.311 e. The lowest BCUT2D eigenvalue weighted by molar-refractivity contribution is 0.506. The Morgan fingerprint density at radius 3 is 1.49 bits per heavy atom. The van der Waals surface area contributed by atoms with E-state index in [1.807, 2.05) is 11.3 Å². The number of nitrogens with zero attached hydrogens (tertiary/aromatic N) is 2. The first-order valence-corrected chi connectivity index (χ1v) is 29.2. The van der Waals surface area contributed by atoms with Crippen molar-refractivity contribution in [1.82, 2.24) is 0 Å². The van der Waals surface area contributed by atoms with E-state index in [1.165, 1.54) is 142 Å². The molecule has 2 nitrogen and oxygen atoms in total. The van der Waals surface area contributed by atoms with Gasteiger partial charge in [-0.15, -0.1) is 11.3 Å². The molecular weight excluding hydrogens is 972 g/mol. The topological polar surface area (TPSA) is 6.48 Å². The maximum atomic E-state index is 2.70. The first-order chi connectivity index (χ1) is 38.2. The second kappa shape index (κ2) is 18.2. The zero-order chi connectivity index (χ0) is 54.1. The second-order valence-electron chi connectivity index (χ2n) is 24.9. The van der Waals surface area contributed by atoms with Crippen LogP contribution < -0.4 is 25.5 Å². The molecule has 0 unspecified atom stereocenters. The van der Waals surface area contributed by atoms with Crippen LogP contribution in [0.1, 0.15) is 85.4 Å². The molecule has 3 heterocycles. The lowest BCUT2D eigenvalue weighted by atomic mass is 9.36. The summed E-state index contributed by atoms with van der Waals surface area (Å²) in [5, 5.41) is 8.99. The predicted molar refractivity (Wildman–Crippen MR) is 345 cm³/mol. The summed E-state index contributed by atoms with van der Waals surface area (Å²) < 4.78 is 2.69. The van der Waals surface area contributed by atoms with Crippen LogP contribution in [0.25, 0.3) is 75.8 Å². The van der Waals surface area contributed by atoms with Crippen LogP contribution in [0, 0.1) is 0 Å². The largest absolute Gasteiger partial charge is 0.311 e. The molecule has 0 radical (unpaired) electrons. The summed E-state index contributed by atoms with van der Waals surface area (Å²) in [5.74, 6) is 0. The highest BCUT2D eigenvalue weighted by Gasteiger charge is 2.47. The number of fused-ring (bicyclic) bond motifs is 12. The molecule has 79 heavy (non-hydrogen) atoms. The summed E-state index contributed by atoms with van der Waals surface area (Å²) in [6.07, 6.45) is 1.03. The molecule has 12 aromatic rings. The summed E-state index contributed by atoms with van der Waals surface area (Å²) in [4.78, 5) is 5.35. The van der Waals surface area contributed by atoms with E-state index in [0.717, 1.165) is 6.42 Å². The fourth-order valence-electron chi connectivity index (χ4n) is 13.0. The molecule has 384 valence electrons. The number of benzene rings is 11. The van der Waals surface area contributed by atoms with Gasteiger partial charge in [0.2, 0.25) is 0 Å². The average molecular weight is 1040 g/mol. The molecule has 0 atom stereocenters. The van der Waals surface area contributed by atoms with Gasteiger partial charge in [0.25, 0.3) is 6.71 Å². The Morgan fingerprint density at radius 1 is 0.367 bits per heavy atom. The van der Waals surface area contributed by atoms with E-state index in [4.69, 9.17) is 0 Å². The predicted octanol–water partition coefficient (Wildman–Crippen LogP) is 19.7. The first-order valence-electron chi connectivity index (χ1n) is 28.3. The number of thiophene rings is 1. The summed E-state index contributed by atoms with van der Waals surface area (Å²) >= 11 is 1.99. The molecule has 0 saturated heterocycles. The Balaban J connectivity index is 1.10. The van der Waals surface area contributed by atoms with Crippen molar-refractivity contribution in [2.75, 3.05) is 9.80 Å². The Bertz CT molecular complexity index is 4330. The minimum absolute atomic E-state index is 0.0338. The number of anilines is 6. The van der Waals surface area contributed by atoms with Gasteiger partial charge in [-0.1, -0.05) is 232 Å². The summed E-state index contributed by atoms with van der Waals surface area (Å²) in [7, 11) is 0. The summed E-state index contributed by atoms with van der Waals surface area (Å²) in [6, 6.07) is 83.5. The Morgan fingerprint density at radius 2 is 0.886 bits per heavy atom. The molecule has 0 fully saturated rings. The highest BCUT2D eigenvalue weighted by atomic mass is 32.1. The molecule has 4 heteroatoms. The molecule has 2 aliphatic heterocycles. The maximum absolute atomic E-state index is 2.70. The van der Waals surface area contributed by atoms with Crippen LogP contribution in [-0.4, -0.2) is 6.71 Å². The van der Waals surface area contributed by atoms with E-state index in [2.05, 4.69) is 291 Å². The van der Waals surface area contributed by atoms with Gasteiger partial charge in [0.15, 0.2) is 0 Å². The fraction of sp³-hybridized carbons (Fsp3) is 0.173. The zero-order valence-electron chi connectivity index (χ0n) is 46.9. The van der Waals surface area contributed by atoms with E-state index in [0.29, 0.717) is 0 Å². The zero-order valence-corrected chi connectivity index (χ0v) is 47.7. The van der Waals surface area contributed by atoms with Crippen LogP contribution in [0.5, 0.6) is 0 Å². The van der Waals surface area contributed by atoms with Crippen molar-refractivity contribution in [2.45, 2.75) is 85.0 Å². The first kappa shape index (κ1) is 49.1. The van der Waals surface area contributed by atoms with Crippen molar-refractivity contribution in [3.63, 3.8) is 0 Å². The highest BCUT2D eigenvalue weighted by molar-refractivity contribution is 7.33. The van der Waals surface area contributed by atoms with Crippen molar-refractivity contribution in [3.8, 4) is 33.4 Å². The van der Waals surface area contributed by atoms with E-state index < -0.39 is 0 Å². The summed E-state index contributed by atoms with van der Waals surface area (Å²) in [6.45, 7) is 21.2. The van der Waals surface area contributed by atoms with Gasteiger partial charge >= 0.3 is 0 Å². The molecule has 0 N–H and O–H groups in total. The minimum atomic E-state index is -0.0853. The number of para-hydroxylation sites is 1. The second-order valence-corrected chi connectivity index (χ2v) is 26.0. The van der Waals surface area contributed by atoms with Crippen LogP contribution in [0.15, 0.2) is 218 Å². The normalized spacial score (nSPS) is 13.4. The molecule has 0 aliphatic carbocycles. The SMILES string of the molecule is CCC(C)(C)c1ccc2c(c1)B1c3sc4ccc(C(C)(C)C)cc4c3N(c3c(-c4ccccc4)cccc3-c3ccccc3)c3cccc(c31)N2c1ccc(C(C)(C)C)cc1-c1ccc2c3ccccc3c3ccccc3c2c1. The standard InChI is InChI=1S/C75H65BN2S/c1-10-75(8,9)52-37-41-65-63(46-52)76-69-66(77(65)64-40-36-50(73(2,3)4)44-60(64)49-35-39-59-57-29-18-17-27-55(57)56-28-19-20-30-58(56)61(59)43-49)33-22-34-67(69)78(71-62-45-51(74(5,6)7)38-42-68(62)79-72(71)76)70-53(47-23-13-11-14-24-47)31-21-32-54(70)48-25-15-12-16-26-48/h11-46H,10H2,1-9H3. The van der Waals surface area contributed by atoms with Gasteiger partial charge in [-0.05, 0) is 148 Å². The molecule has 0 amide bonds. The van der Waals surface area contributed by atoms with E-state index in [9.17, 15) is 0 Å². The molecule has 0 bridgehead atoms. The van der Waals surface area contributed by atoms with Crippen molar-refractivity contribution >= 4 is 110 Å². The highest BCUT2D eigenvalue weighted by Crippen LogP contribution is 2.54. The lowest BCUT2D eigenvalue weighted by Gasteiger charge is -2.44. The summed E-state index contributed by atoms with van der Waals surface area (Å²) in [5.41, 5.74) is 21.0. The molecule has 2 aliphatic rings. The van der Waals surface area contributed by atoms with Gasteiger partial charge in [-0.25, -0.2) is 0 Å². The van der Waals surface area contributed by atoms with Gasteiger partial charge in [0.05, 0.1) is 17.1 Å². The van der Waals surface area contributed by atoms with Gasteiger partial charge in [-0.2, -0.15) is 0 Å². The van der Waals surface area contributed by atoms with Gasteiger partial charge < -0.3 is 9.80 Å².